The van der Waals surface area contributed by atoms with Crippen molar-refractivity contribution in [2.45, 2.75) is 18.9 Å². The van der Waals surface area contributed by atoms with Gasteiger partial charge in [-0.2, -0.15) is 0 Å². The van der Waals surface area contributed by atoms with Gasteiger partial charge in [-0.05, 0) is 42.0 Å². The number of nitrogens with zero attached hydrogens (tertiary/aromatic N) is 1. The molecule has 1 atom stereocenters. The highest BCUT2D eigenvalue weighted by Crippen LogP contribution is 2.20. The number of nitrogens with one attached hydrogen (secondary N) is 2. The smallest absolute Gasteiger partial charge is 0.124 e. The van der Waals surface area contributed by atoms with Crippen LogP contribution in [0.15, 0.2) is 6.20 Å². The zero-order valence-corrected chi connectivity index (χ0v) is 8.26. The number of halogens is 1. The minimum atomic E-state index is 0.471. The molecule has 1 fully saturated rings. The van der Waals surface area contributed by atoms with Crippen LogP contribution in [-0.2, 0) is 0 Å². The Morgan fingerprint density at radius 2 is 2.55 bits per heavy atom. The van der Waals surface area contributed by atoms with Gasteiger partial charge in [0.1, 0.15) is 9.53 Å². The summed E-state index contributed by atoms with van der Waals surface area (Å²) in [6.07, 6.45) is 4.42. The zero-order valence-electron chi connectivity index (χ0n) is 6.10. The quantitative estimate of drug-likeness (QED) is 0.753. The SMILES string of the molecule is Ic1c[nH]c(C2CCCN2)n1. The molecule has 3 nitrogen and oxygen atoms in total. The molecule has 1 aromatic heterocycles. The Hall–Kier alpha value is -0.100. The fourth-order valence-electron chi connectivity index (χ4n) is 1.41. The minimum absolute atomic E-state index is 0.471. The van der Waals surface area contributed by atoms with Crippen LogP contribution in [0.5, 0.6) is 0 Å². The summed E-state index contributed by atoms with van der Waals surface area (Å²) in [6, 6.07) is 0.471. The number of hydrogen-bond acceptors (Lipinski definition) is 2. The van der Waals surface area contributed by atoms with Crippen molar-refractivity contribution in [3.63, 3.8) is 0 Å². The minimum Gasteiger partial charge on any atom is -0.346 e. The first-order chi connectivity index (χ1) is 5.36. The molecule has 0 saturated carbocycles. The van der Waals surface area contributed by atoms with E-state index in [4.69, 9.17) is 0 Å². The van der Waals surface area contributed by atoms with Crippen molar-refractivity contribution in [3.8, 4) is 0 Å². The van der Waals surface area contributed by atoms with Gasteiger partial charge in [-0.15, -0.1) is 0 Å². The molecule has 1 saturated heterocycles. The highest BCUT2D eigenvalue weighted by molar-refractivity contribution is 14.1. The second kappa shape index (κ2) is 3.10. The Bertz CT molecular complexity index is 240. The van der Waals surface area contributed by atoms with Gasteiger partial charge in [-0.25, -0.2) is 4.98 Å². The molecule has 1 aliphatic heterocycles. The molecule has 1 unspecified atom stereocenters. The van der Waals surface area contributed by atoms with Crippen molar-refractivity contribution < 1.29 is 0 Å². The van der Waals surface area contributed by atoms with Gasteiger partial charge in [-0.3, -0.25) is 0 Å². The molecule has 0 amide bonds. The van der Waals surface area contributed by atoms with E-state index in [-0.39, 0.29) is 0 Å². The maximum atomic E-state index is 4.36. The lowest BCUT2D eigenvalue weighted by Gasteiger charge is -2.04. The van der Waals surface area contributed by atoms with Crippen LogP contribution < -0.4 is 5.32 Å². The average Bonchev–Trinajstić information content (AvgIpc) is 2.55. The molecular weight excluding hydrogens is 253 g/mol. The summed E-state index contributed by atoms with van der Waals surface area (Å²) in [5, 5.41) is 3.39. The Balaban J connectivity index is 2.15. The summed E-state index contributed by atoms with van der Waals surface area (Å²) in [6.45, 7) is 1.13. The van der Waals surface area contributed by atoms with Crippen LogP contribution in [0.2, 0.25) is 0 Å². The lowest BCUT2D eigenvalue weighted by molar-refractivity contribution is 0.612. The first kappa shape index (κ1) is 7.54. The molecule has 2 heterocycles. The molecule has 0 aliphatic carbocycles. The third-order valence-corrected chi connectivity index (χ3v) is 2.51. The lowest BCUT2D eigenvalue weighted by atomic mass is 10.2. The van der Waals surface area contributed by atoms with E-state index in [1.165, 1.54) is 12.8 Å². The van der Waals surface area contributed by atoms with Crippen LogP contribution in [0, 0.1) is 3.70 Å². The normalized spacial score (nSPS) is 24.3. The monoisotopic (exact) mass is 263 g/mol. The molecule has 4 heteroatoms. The van der Waals surface area contributed by atoms with Gasteiger partial charge in [-0.1, -0.05) is 0 Å². The van der Waals surface area contributed by atoms with Gasteiger partial charge in [0.05, 0.1) is 6.04 Å². The maximum absolute atomic E-state index is 4.36. The summed E-state index contributed by atoms with van der Waals surface area (Å²) < 4.78 is 1.05. The van der Waals surface area contributed by atoms with E-state index >= 15 is 0 Å². The fraction of sp³-hybridized carbons (Fsp3) is 0.571. The molecular formula is C7H10IN3. The summed E-state index contributed by atoms with van der Waals surface area (Å²) in [5.74, 6) is 1.09. The van der Waals surface area contributed by atoms with E-state index in [9.17, 15) is 0 Å². The Kier molecular flexibility index (Phi) is 2.13. The summed E-state index contributed by atoms with van der Waals surface area (Å²) in [5.41, 5.74) is 0. The van der Waals surface area contributed by atoms with Gasteiger partial charge in [0.2, 0.25) is 0 Å². The van der Waals surface area contributed by atoms with Gasteiger partial charge in [0.25, 0.3) is 0 Å². The van der Waals surface area contributed by atoms with Crippen molar-refractivity contribution in [1.29, 1.82) is 0 Å². The van der Waals surface area contributed by atoms with E-state index in [0.717, 1.165) is 16.1 Å². The van der Waals surface area contributed by atoms with Crippen LogP contribution in [0.3, 0.4) is 0 Å². The Morgan fingerprint density at radius 1 is 1.64 bits per heavy atom. The van der Waals surface area contributed by atoms with E-state index < -0.39 is 0 Å². The summed E-state index contributed by atoms with van der Waals surface area (Å²) >= 11 is 2.22. The highest BCUT2D eigenvalue weighted by atomic mass is 127. The van der Waals surface area contributed by atoms with Crippen molar-refractivity contribution in [2.75, 3.05) is 6.54 Å². The molecule has 2 N–H and O–H groups in total. The van der Waals surface area contributed by atoms with Gasteiger partial charge >= 0.3 is 0 Å². The number of aromatic nitrogens is 2. The number of imidazole rings is 1. The Morgan fingerprint density at radius 3 is 3.09 bits per heavy atom. The third-order valence-electron chi connectivity index (χ3n) is 1.96. The second-order valence-electron chi connectivity index (χ2n) is 2.76. The molecule has 60 valence electrons. The van der Waals surface area contributed by atoms with E-state index in [1.54, 1.807) is 0 Å². The maximum Gasteiger partial charge on any atom is 0.124 e. The van der Waals surface area contributed by atoms with Crippen LogP contribution in [-0.4, -0.2) is 16.5 Å². The van der Waals surface area contributed by atoms with E-state index in [1.807, 2.05) is 6.20 Å². The standard InChI is InChI=1S/C7H10IN3/c8-6-4-10-7(11-6)5-2-1-3-9-5/h4-5,9H,1-3H2,(H,10,11). The molecule has 0 aromatic carbocycles. The molecule has 1 aliphatic rings. The van der Waals surface area contributed by atoms with E-state index in [0.29, 0.717) is 6.04 Å². The predicted octanol–water partition coefficient (Wildman–Crippen LogP) is 1.44. The van der Waals surface area contributed by atoms with Crippen LogP contribution in [0.25, 0.3) is 0 Å². The summed E-state index contributed by atoms with van der Waals surface area (Å²) in [4.78, 5) is 7.53. The average molecular weight is 263 g/mol. The number of rotatable bonds is 1. The Labute approximate surface area is 79.1 Å². The van der Waals surface area contributed by atoms with Crippen molar-refractivity contribution >= 4 is 22.6 Å². The van der Waals surface area contributed by atoms with Gasteiger partial charge < -0.3 is 10.3 Å². The topological polar surface area (TPSA) is 40.7 Å². The van der Waals surface area contributed by atoms with Crippen LogP contribution >= 0.6 is 22.6 Å². The first-order valence-corrected chi connectivity index (χ1v) is 4.88. The number of aromatic amines is 1. The summed E-state index contributed by atoms with van der Waals surface area (Å²) in [7, 11) is 0. The first-order valence-electron chi connectivity index (χ1n) is 3.80. The van der Waals surface area contributed by atoms with Crippen molar-refractivity contribution in [1.82, 2.24) is 15.3 Å². The van der Waals surface area contributed by atoms with Gasteiger partial charge in [0.15, 0.2) is 0 Å². The molecule has 1 aromatic rings. The number of hydrogen-bond donors (Lipinski definition) is 2. The fourth-order valence-corrected chi connectivity index (χ4v) is 1.83. The molecule has 11 heavy (non-hydrogen) atoms. The van der Waals surface area contributed by atoms with Crippen LogP contribution in [0.4, 0.5) is 0 Å². The second-order valence-corrected chi connectivity index (χ2v) is 3.86. The third kappa shape index (κ3) is 1.56. The number of H-pyrrole nitrogens is 1. The van der Waals surface area contributed by atoms with Crippen molar-refractivity contribution in [3.05, 3.63) is 15.7 Å². The highest BCUT2D eigenvalue weighted by Gasteiger charge is 2.18. The van der Waals surface area contributed by atoms with E-state index in [2.05, 4.69) is 37.9 Å². The van der Waals surface area contributed by atoms with Gasteiger partial charge in [0, 0.05) is 6.20 Å². The zero-order chi connectivity index (χ0) is 7.68. The van der Waals surface area contributed by atoms with Crippen LogP contribution in [0.1, 0.15) is 24.7 Å². The van der Waals surface area contributed by atoms with Crippen molar-refractivity contribution in [2.24, 2.45) is 0 Å². The molecule has 0 bridgehead atoms. The molecule has 0 radical (unpaired) electrons. The molecule has 2 rings (SSSR count). The molecule has 0 spiro atoms. The predicted molar refractivity (Wildman–Crippen MR) is 51.3 cm³/mol. The largest absolute Gasteiger partial charge is 0.346 e. The lowest BCUT2D eigenvalue weighted by Crippen LogP contribution is -2.14.